The van der Waals surface area contributed by atoms with Gasteiger partial charge in [-0.3, -0.25) is 0 Å². The highest BCUT2D eigenvalue weighted by Crippen LogP contribution is 2.27. The summed E-state index contributed by atoms with van der Waals surface area (Å²) in [5, 5.41) is 9.08. The summed E-state index contributed by atoms with van der Waals surface area (Å²) in [7, 11) is 0. The van der Waals surface area contributed by atoms with Gasteiger partial charge in [0, 0.05) is 6.61 Å². The monoisotopic (exact) mass is 166 g/mol. The summed E-state index contributed by atoms with van der Waals surface area (Å²) in [4.78, 5) is 0. The molecule has 1 N–H and O–H groups in total. The zero-order valence-electron chi connectivity index (χ0n) is 8.01. The fourth-order valence-corrected chi connectivity index (χ4v) is 1.46. The first-order valence-corrected chi connectivity index (χ1v) is 4.58. The van der Waals surface area contributed by atoms with Crippen molar-refractivity contribution in [3.05, 3.63) is 23.8 Å². The van der Waals surface area contributed by atoms with Gasteiger partial charge in [-0.25, -0.2) is 0 Å². The molecule has 0 heterocycles. The summed E-state index contributed by atoms with van der Waals surface area (Å²) < 4.78 is 0. The van der Waals surface area contributed by atoms with Crippen LogP contribution in [0.25, 0.3) is 0 Å². The first-order chi connectivity index (χ1) is 5.64. The number of aliphatic hydroxyl groups is 1. The highest BCUT2D eigenvalue weighted by molar-refractivity contribution is 5.15. The zero-order valence-corrected chi connectivity index (χ0v) is 8.01. The van der Waals surface area contributed by atoms with E-state index in [2.05, 4.69) is 32.1 Å². The van der Waals surface area contributed by atoms with Crippen molar-refractivity contribution in [1.29, 1.82) is 0 Å². The second-order valence-corrected chi connectivity index (χ2v) is 4.27. The minimum absolute atomic E-state index is 0.0526. The zero-order chi connectivity index (χ0) is 9.03. The third kappa shape index (κ3) is 2.82. The van der Waals surface area contributed by atoms with E-state index in [1.54, 1.807) is 0 Å². The molecule has 68 valence electrons. The van der Waals surface area contributed by atoms with Gasteiger partial charge in [0.15, 0.2) is 0 Å². The van der Waals surface area contributed by atoms with Crippen molar-refractivity contribution in [2.75, 3.05) is 6.61 Å². The van der Waals surface area contributed by atoms with Crippen molar-refractivity contribution in [2.45, 2.75) is 33.1 Å². The lowest BCUT2D eigenvalue weighted by atomic mass is 9.84. The van der Waals surface area contributed by atoms with Crippen LogP contribution in [0.5, 0.6) is 0 Å². The lowest BCUT2D eigenvalue weighted by Gasteiger charge is -2.23. The summed E-state index contributed by atoms with van der Waals surface area (Å²) >= 11 is 0. The molecule has 0 radical (unpaired) electrons. The van der Waals surface area contributed by atoms with Gasteiger partial charge < -0.3 is 5.11 Å². The summed E-state index contributed by atoms with van der Waals surface area (Å²) in [6.07, 6.45) is 9.84. The lowest BCUT2D eigenvalue weighted by Crippen LogP contribution is -2.17. The van der Waals surface area contributed by atoms with E-state index in [9.17, 15) is 0 Å². The molecule has 0 aromatic rings. The molecular weight excluding hydrogens is 148 g/mol. The SMILES string of the molecule is CC(C)(CO)CC1=CCC=CC1. The lowest BCUT2D eigenvalue weighted by molar-refractivity contribution is 0.159. The minimum Gasteiger partial charge on any atom is -0.396 e. The number of aliphatic hydroxyl groups excluding tert-OH is 1. The van der Waals surface area contributed by atoms with E-state index in [1.165, 1.54) is 5.57 Å². The summed E-state index contributed by atoms with van der Waals surface area (Å²) in [5.41, 5.74) is 1.52. The van der Waals surface area contributed by atoms with E-state index in [-0.39, 0.29) is 12.0 Å². The molecular formula is C11H18O. The van der Waals surface area contributed by atoms with E-state index >= 15 is 0 Å². The topological polar surface area (TPSA) is 20.2 Å². The maximum atomic E-state index is 9.08. The Labute approximate surface area is 74.8 Å². The van der Waals surface area contributed by atoms with E-state index in [0.717, 1.165) is 19.3 Å². The van der Waals surface area contributed by atoms with Crippen LogP contribution < -0.4 is 0 Å². The molecule has 0 aromatic heterocycles. The van der Waals surface area contributed by atoms with Gasteiger partial charge in [-0.1, -0.05) is 37.6 Å². The van der Waals surface area contributed by atoms with Gasteiger partial charge in [0.2, 0.25) is 0 Å². The molecule has 1 rings (SSSR count). The van der Waals surface area contributed by atoms with Crippen molar-refractivity contribution in [1.82, 2.24) is 0 Å². The molecule has 0 fully saturated rings. The predicted octanol–water partition coefficient (Wildman–Crippen LogP) is 2.67. The Morgan fingerprint density at radius 2 is 2.17 bits per heavy atom. The molecule has 1 nitrogen and oxygen atoms in total. The Balaban J connectivity index is 2.45. The van der Waals surface area contributed by atoms with E-state index < -0.39 is 0 Å². The van der Waals surface area contributed by atoms with Gasteiger partial charge >= 0.3 is 0 Å². The average molecular weight is 166 g/mol. The van der Waals surface area contributed by atoms with Gasteiger partial charge in [-0.2, -0.15) is 0 Å². The van der Waals surface area contributed by atoms with Gasteiger partial charge in [-0.15, -0.1) is 0 Å². The second kappa shape index (κ2) is 3.90. The van der Waals surface area contributed by atoms with Gasteiger partial charge in [0.1, 0.15) is 0 Å². The molecule has 1 heteroatoms. The normalized spacial score (nSPS) is 17.8. The Kier molecular flexibility index (Phi) is 3.10. The molecule has 0 saturated carbocycles. The number of hydrogen-bond donors (Lipinski definition) is 1. The van der Waals surface area contributed by atoms with Crippen LogP contribution in [0.3, 0.4) is 0 Å². The maximum Gasteiger partial charge on any atom is 0.0485 e. The van der Waals surface area contributed by atoms with E-state index in [1.807, 2.05) is 0 Å². The van der Waals surface area contributed by atoms with Crippen LogP contribution in [-0.2, 0) is 0 Å². The average Bonchev–Trinajstić information content (AvgIpc) is 2.06. The fraction of sp³-hybridized carbons (Fsp3) is 0.636. The summed E-state index contributed by atoms with van der Waals surface area (Å²) in [5.74, 6) is 0. The largest absolute Gasteiger partial charge is 0.396 e. The quantitative estimate of drug-likeness (QED) is 0.639. The van der Waals surface area contributed by atoms with Gasteiger partial charge in [-0.05, 0) is 24.7 Å². The Bertz CT molecular complexity index is 199. The minimum atomic E-state index is 0.0526. The van der Waals surface area contributed by atoms with Crippen LogP contribution in [0, 0.1) is 5.41 Å². The van der Waals surface area contributed by atoms with Crippen LogP contribution in [-0.4, -0.2) is 11.7 Å². The first-order valence-electron chi connectivity index (χ1n) is 4.58. The van der Waals surface area contributed by atoms with Crippen molar-refractivity contribution in [3.63, 3.8) is 0 Å². The van der Waals surface area contributed by atoms with Crippen LogP contribution in [0.2, 0.25) is 0 Å². The van der Waals surface area contributed by atoms with Crippen molar-refractivity contribution < 1.29 is 5.11 Å². The molecule has 0 bridgehead atoms. The molecule has 0 aliphatic heterocycles. The molecule has 1 aliphatic carbocycles. The summed E-state index contributed by atoms with van der Waals surface area (Å²) in [6.45, 7) is 4.48. The molecule has 1 aliphatic rings. The third-order valence-electron chi connectivity index (χ3n) is 2.22. The Morgan fingerprint density at radius 3 is 2.67 bits per heavy atom. The Hall–Kier alpha value is -0.560. The summed E-state index contributed by atoms with van der Waals surface area (Å²) in [6, 6.07) is 0. The van der Waals surface area contributed by atoms with Gasteiger partial charge in [0.05, 0.1) is 0 Å². The van der Waals surface area contributed by atoms with Crippen molar-refractivity contribution in [3.8, 4) is 0 Å². The maximum absolute atomic E-state index is 9.08. The highest BCUT2D eigenvalue weighted by Gasteiger charge is 2.18. The molecule has 0 unspecified atom stereocenters. The van der Waals surface area contributed by atoms with Crippen molar-refractivity contribution >= 4 is 0 Å². The fourth-order valence-electron chi connectivity index (χ4n) is 1.46. The molecule has 0 amide bonds. The Morgan fingerprint density at radius 1 is 1.42 bits per heavy atom. The predicted molar refractivity (Wildman–Crippen MR) is 51.9 cm³/mol. The van der Waals surface area contributed by atoms with E-state index in [0.29, 0.717) is 0 Å². The van der Waals surface area contributed by atoms with Crippen LogP contribution in [0.4, 0.5) is 0 Å². The van der Waals surface area contributed by atoms with Crippen LogP contribution >= 0.6 is 0 Å². The van der Waals surface area contributed by atoms with Crippen molar-refractivity contribution in [2.24, 2.45) is 5.41 Å². The number of allylic oxidation sites excluding steroid dienone is 4. The van der Waals surface area contributed by atoms with Crippen LogP contribution in [0.15, 0.2) is 23.8 Å². The van der Waals surface area contributed by atoms with Crippen LogP contribution in [0.1, 0.15) is 33.1 Å². The molecule has 0 aromatic carbocycles. The second-order valence-electron chi connectivity index (χ2n) is 4.27. The molecule has 0 atom stereocenters. The first kappa shape index (κ1) is 9.53. The third-order valence-corrected chi connectivity index (χ3v) is 2.22. The highest BCUT2D eigenvalue weighted by atomic mass is 16.3. The van der Waals surface area contributed by atoms with Gasteiger partial charge in [0.25, 0.3) is 0 Å². The molecule has 0 spiro atoms. The smallest absolute Gasteiger partial charge is 0.0485 e. The molecule has 12 heavy (non-hydrogen) atoms. The number of hydrogen-bond acceptors (Lipinski definition) is 1. The van der Waals surface area contributed by atoms with E-state index in [4.69, 9.17) is 5.11 Å². The standard InChI is InChI=1S/C11H18O/c1-11(2,9-12)8-10-6-4-3-5-7-10/h3-4,7,12H,5-6,8-9H2,1-2H3. The number of rotatable bonds is 3. The molecule has 0 saturated heterocycles.